The van der Waals surface area contributed by atoms with Gasteiger partial charge in [0.15, 0.2) is 0 Å². The van der Waals surface area contributed by atoms with E-state index in [2.05, 4.69) is 15.3 Å². The number of nitro groups is 1. The van der Waals surface area contributed by atoms with Crippen molar-refractivity contribution in [1.82, 2.24) is 9.97 Å². The fraction of sp³-hybridized carbons (Fsp3) is 0.400. The first kappa shape index (κ1) is 13.6. The molecule has 0 spiro atoms. The van der Waals surface area contributed by atoms with Gasteiger partial charge in [-0.1, -0.05) is 19.3 Å². The van der Waals surface area contributed by atoms with E-state index in [4.69, 9.17) is 0 Å². The van der Waals surface area contributed by atoms with E-state index in [0.717, 1.165) is 17.2 Å². The van der Waals surface area contributed by atoms with E-state index < -0.39 is 4.92 Å². The van der Waals surface area contributed by atoms with Crippen molar-refractivity contribution in [2.45, 2.75) is 38.1 Å². The number of nitro benzene ring substituents is 1. The van der Waals surface area contributed by atoms with E-state index in [-0.39, 0.29) is 5.69 Å². The van der Waals surface area contributed by atoms with Crippen LogP contribution in [0.15, 0.2) is 30.5 Å². The molecule has 1 heterocycles. The van der Waals surface area contributed by atoms with Gasteiger partial charge in [-0.05, 0) is 25.0 Å². The number of nitrogens with zero attached hydrogens (tertiary/aromatic N) is 2. The Hall–Kier alpha value is -2.37. The Morgan fingerprint density at radius 3 is 2.57 bits per heavy atom. The highest BCUT2D eigenvalue weighted by molar-refractivity contribution is 5.62. The molecule has 0 saturated heterocycles. The molecule has 0 amide bonds. The van der Waals surface area contributed by atoms with E-state index >= 15 is 0 Å². The van der Waals surface area contributed by atoms with Crippen LogP contribution in [-0.2, 0) is 0 Å². The molecule has 1 fully saturated rings. The molecule has 2 aromatic rings. The number of hydrogen-bond donors (Lipinski definition) is 2. The summed E-state index contributed by atoms with van der Waals surface area (Å²) in [6.07, 6.45) is 8.00. The van der Waals surface area contributed by atoms with E-state index in [1.165, 1.54) is 44.2 Å². The molecule has 21 heavy (non-hydrogen) atoms. The van der Waals surface area contributed by atoms with Gasteiger partial charge in [0.1, 0.15) is 0 Å². The van der Waals surface area contributed by atoms with E-state index in [1.807, 2.05) is 0 Å². The molecule has 1 saturated carbocycles. The molecule has 2 N–H and O–H groups in total. The summed E-state index contributed by atoms with van der Waals surface area (Å²) in [7, 11) is 0. The largest absolute Gasteiger partial charge is 0.353 e. The van der Waals surface area contributed by atoms with E-state index in [9.17, 15) is 10.1 Å². The van der Waals surface area contributed by atoms with Crippen molar-refractivity contribution in [3.63, 3.8) is 0 Å². The number of aromatic amines is 1. The van der Waals surface area contributed by atoms with Gasteiger partial charge in [0.05, 0.1) is 16.8 Å². The molecule has 0 atom stereocenters. The molecule has 1 aliphatic carbocycles. The fourth-order valence-corrected chi connectivity index (χ4v) is 2.74. The zero-order valence-electron chi connectivity index (χ0n) is 11.7. The molecule has 0 radical (unpaired) electrons. The summed E-state index contributed by atoms with van der Waals surface area (Å²) in [5.41, 5.74) is 1.85. The lowest BCUT2D eigenvalue weighted by atomic mass is 9.96. The number of rotatable bonds is 4. The monoisotopic (exact) mass is 286 g/mol. The molecule has 1 aliphatic rings. The number of anilines is 1. The van der Waals surface area contributed by atoms with Crippen LogP contribution in [0.1, 0.15) is 32.1 Å². The average molecular weight is 286 g/mol. The second-order valence-corrected chi connectivity index (χ2v) is 5.43. The van der Waals surface area contributed by atoms with Crippen molar-refractivity contribution in [2.24, 2.45) is 0 Å². The predicted octanol–water partition coefficient (Wildman–Crippen LogP) is 3.73. The van der Waals surface area contributed by atoms with Crippen molar-refractivity contribution in [1.29, 1.82) is 0 Å². The van der Waals surface area contributed by atoms with E-state index in [0.29, 0.717) is 6.04 Å². The third kappa shape index (κ3) is 3.21. The minimum absolute atomic E-state index is 0.0961. The van der Waals surface area contributed by atoms with Gasteiger partial charge >= 0.3 is 0 Å². The van der Waals surface area contributed by atoms with Gasteiger partial charge in [-0.15, -0.1) is 0 Å². The summed E-state index contributed by atoms with van der Waals surface area (Å²) in [6.45, 7) is 0. The SMILES string of the molecule is O=[N+]([O-])c1ccc(-c2cnc(NC3CCCCC3)[nH]2)cc1. The molecule has 1 aromatic heterocycles. The molecular weight excluding hydrogens is 268 g/mol. The molecule has 0 unspecified atom stereocenters. The van der Waals surface area contributed by atoms with Crippen LogP contribution in [-0.4, -0.2) is 20.9 Å². The summed E-state index contributed by atoms with van der Waals surface area (Å²) in [6, 6.07) is 6.97. The lowest BCUT2D eigenvalue weighted by Crippen LogP contribution is -2.22. The van der Waals surface area contributed by atoms with Crippen LogP contribution in [0.4, 0.5) is 11.6 Å². The van der Waals surface area contributed by atoms with Crippen LogP contribution in [0.2, 0.25) is 0 Å². The third-order valence-electron chi connectivity index (χ3n) is 3.91. The van der Waals surface area contributed by atoms with Crippen LogP contribution in [0.25, 0.3) is 11.3 Å². The molecule has 0 bridgehead atoms. The summed E-state index contributed by atoms with van der Waals surface area (Å²) in [4.78, 5) is 17.8. The fourth-order valence-electron chi connectivity index (χ4n) is 2.74. The summed E-state index contributed by atoms with van der Waals surface area (Å²) < 4.78 is 0. The van der Waals surface area contributed by atoms with Gasteiger partial charge in [0.25, 0.3) is 5.69 Å². The van der Waals surface area contributed by atoms with Gasteiger partial charge in [-0.2, -0.15) is 0 Å². The lowest BCUT2D eigenvalue weighted by molar-refractivity contribution is -0.384. The van der Waals surface area contributed by atoms with Gasteiger partial charge in [0, 0.05) is 23.7 Å². The number of hydrogen-bond acceptors (Lipinski definition) is 4. The number of non-ortho nitro benzene ring substituents is 1. The Bertz CT molecular complexity index is 615. The van der Waals surface area contributed by atoms with Crippen molar-refractivity contribution in [3.8, 4) is 11.3 Å². The maximum Gasteiger partial charge on any atom is 0.269 e. The number of H-pyrrole nitrogens is 1. The Kier molecular flexibility index (Phi) is 3.85. The predicted molar refractivity (Wildman–Crippen MR) is 81.2 cm³/mol. The molecule has 6 heteroatoms. The van der Waals surface area contributed by atoms with Gasteiger partial charge < -0.3 is 10.3 Å². The number of imidazole rings is 1. The first-order chi connectivity index (χ1) is 10.2. The molecule has 1 aromatic carbocycles. The van der Waals surface area contributed by atoms with E-state index in [1.54, 1.807) is 18.3 Å². The summed E-state index contributed by atoms with van der Waals surface area (Å²) >= 11 is 0. The number of nitrogens with one attached hydrogen (secondary N) is 2. The quantitative estimate of drug-likeness (QED) is 0.662. The number of aromatic nitrogens is 2. The average Bonchev–Trinajstić information content (AvgIpc) is 2.97. The maximum absolute atomic E-state index is 10.6. The Morgan fingerprint density at radius 1 is 1.19 bits per heavy atom. The van der Waals surface area contributed by atoms with Crippen molar-refractivity contribution >= 4 is 11.6 Å². The molecule has 110 valence electrons. The first-order valence-corrected chi connectivity index (χ1v) is 7.29. The van der Waals surface area contributed by atoms with Gasteiger partial charge in [-0.25, -0.2) is 4.98 Å². The highest BCUT2D eigenvalue weighted by Crippen LogP contribution is 2.24. The van der Waals surface area contributed by atoms with Crippen LogP contribution in [0.5, 0.6) is 0 Å². The highest BCUT2D eigenvalue weighted by Gasteiger charge is 2.14. The van der Waals surface area contributed by atoms with Crippen LogP contribution in [0, 0.1) is 10.1 Å². The normalized spacial score (nSPS) is 15.8. The Morgan fingerprint density at radius 2 is 1.90 bits per heavy atom. The smallest absolute Gasteiger partial charge is 0.269 e. The van der Waals surface area contributed by atoms with Crippen LogP contribution in [0.3, 0.4) is 0 Å². The second kappa shape index (κ2) is 5.95. The topological polar surface area (TPSA) is 83.8 Å². The Balaban J connectivity index is 1.70. The van der Waals surface area contributed by atoms with Crippen LogP contribution >= 0.6 is 0 Å². The maximum atomic E-state index is 10.6. The van der Waals surface area contributed by atoms with Crippen molar-refractivity contribution in [3.05, 3.63) is 40.6 Å². The van der Waals surface area contributed by atoms with Gasteiger partial charge in [0.2, 0.25) is 5.95 Å². The van der Waals surface area contributed by atoms with Crippen molar-refractivity contribution in [2.75, 3.05) is 5.32 Å². The summed E-state index contributed by atoms with van der Waals surface area (Å²) in [5.74, 6) is 0.773. The van der Waals surface area contributed by atoms with Crippen LogP contribution < -0.4 is 5.32 Å². The second-order valence-electron chi connectivity index (χ2n) is 5.43. The van der Waals surface area contributed by atoms with Crippen molar-refractivity contribution < 1.29 is 4.92 Å². The highest BCUT2D eigenvalue weighted by atomic mass is 16.6. The standard InChI is InChI=1S/C15H18N4O2/c20-19(21)13-8-6-11(7-9-13)14-10-16-15(18-14)17-12-4-2-1-3-5-12/h6-10,12H,1-5H2,(H2,16,17,18). The van der Waals surface area contributed by atoms with Gasteiger partial charge in [-0.3, -0.25) is 10.1 Å². The summed E-state index contributed by atoms with van der Waals surface area (Å²) in [5, 5.41) is 14.1. The minimum atomic E-state index is -0.396. The molecule has 6 nitrogen and oxygen atoms in total. The zero-order chi connectivity index (χ0) is 14.7. The molecule has 0 aliphatic heterocycles. The third-order valence-corrected chi connectivity index (χ3v) is 3.91. The molecule has 3 rings (SSSR count). The Labute approximate surface area is 122 Å². The number of benzene rings is 1. The first-order valence-electron chi connectivity index (χ1n) is 7.29. The zero-order valence-corrected chi connectivity index (χ0v) is 11.7. The minimum Gasteiger partial charge on any atom is -0.353 e. The lowest BCUT2D eigenvalue weighted by Gasteiger charge is -2.22. The molecular formula is C15H18N4O2.